The average molecular weight is 467 g/mol. The van der Waals surface area contributed by atoms with Crippen LogP contribution in [-0.4, -0.2) is 18.3 Å². The Labute approximate surface area is 200 Å². The van der Waals surface area contributed by atoms with E-state index in [1.807, 2.05) is 49.9 Å². The van der Waals surface area contributed by atoms with Crippen LogP contribution in [0.5, 0.6) is 11.5 Å². The minimum absolute atomic E-state index is 0.0198. The number of hydrogen-bond donors (Lipinski definition) is 2. The van der Waals surface area contributed by atoms with Gasteiger partial charge in [0.25, 0.3) is 0 Å². The highest BCUT2D eigenvalue weighted by Gasteiger charge is 2.12. The first-order valence-electron chi connectivity index (χ1n) is 10.8. The lowest BCUT2D eigenvalue weighted by molar-refractivity contribution is 0.287. The highest BCUT2D eigenvalue weighted by Crippen LogP contribution is 2.31. The van der Waals surface area contributed by atoms with Gasteiger partial charge >= 0.3 is 0 Å². The standard InChI is InChI=1S/C26H30N2O2S2/c1-4-29-24-16-13-21(17-25(24)30-5-2)19(3)27-26(31)28-22-14-11-20(12-15-22)18-32-23-9-7-6-8-10-23/h6-17,19H,4-5,18H2,1-3H3,(H2,27,28,31)/t19-/m1/s1. The van der Waals surface area contributed by atoms with E-state index in [1.54, 1.807) is 0 Å². The van der Waals surface area contributed by atoms with Crippen LogP contribution < -0.4 is 20.1 Å². The first kappa shape index (κ1) is 24.0. The van der Waals surface area contributed by atoms with Gasteiger partial charge in [-0.05, 0) is 80.5 Å². The van der Waals surface area contributed by atoms with Crippen molar-refractivity contribution in [3.63, 3.8) is 0 Å². The maximum absolute atomic E-state index is 5.74. The first-order valence-corrected chi connectivity index (χ1v) is 12.2. The maximum atomic E-state index is 5.74. The second-order valence-electron chi connectivity index (χ2n) is 7.19. The fourth-order valence-corrected chi connectivity index (χ4v) is 4.32. The minimum Gasteiger partial charge on any atom is -0.490 e. The zero-order valence-corrected chi connectivity index (χ0v) is 20.4. The number of thiocarbonyl (C=S) groups is 1. The molecule has 3 aromatic rings. The molecule has 6 heteroatoms. The van der Waals surface area contributed by atoms with Gasteiger partial charge < -0.3 is 20.1 Å². The smallest absolute Gasteiger partial charge is 0.171 e. The molecule has 0 spiro atoms. The molecule has 0 saturated heterocycles. The van der Waals surface area contributed by atoms with Crippen LogP contribution in [-0.2, 0) is 5.75 Å². The van der Waals surface area contributed by atoms with E-state index < -0.39 is 0 Å². The van der Waals surface area contributed by atoms with E-state index in [4.69, 9.17) is 21.7 Å². The molecule has 3 rings (SSSR count). The molecule has 0 aliphatic heterocycles. The first-order chi connectivity index (χ1) is 15.6. The van der Waals surface area contributed by atoms with Crippen molar-refractivity contribution >= 4 is 34.8 Å². The summed E-state index contributed by atoms with van der Waals surface area (Å²) in [5.41, 5.74) is 3.31. The highest BCUT2D eigenvalue weighted by molar-refractivity contribution is 7.98. The third kappa shape index (κ3) is 7.18. The van der Waals surface area contributed by atoms with Crippen molar-refractivity contribution in [2.24, 2.45) is 0 Å². The van der Waals surface area contributed by atoms with Crippen LogP contribution in [0.4, 0.5) is 5.69 Å². The zero-order chi connectivity index (χ0) is 22.8. The van der Waals surface area contributed by atoms with E-state index >= 15 is 0 Å². The highest BCUT2D eigenvalue weighted by atomic mass is 32.2. The van der Waals surface area contributed by atoms with Gasteiger partial charge in [-0.3, -0.25) is 0 Å². The van der Waals surface area contributed by atoms with Crippen LogP contribution in [0.15, 0.2) is 77.7 Å². The van der Waals surface area contributed by atoms with E-state index in [0.29, 0.717) is 18.3 Å². The van der Waals surface area contributed by atoms with Crippen LogP contribution in [0.1, 0.15) is 37.9 Å². The van der Waals surface area contributed by atoms with Crippen molar-refractivity contribution in [1.82, 2.24) is 5.32 Å². The Morgan fingerprint density at radius 1 is 0.906 bits per heavy atom. The topological polar surface area (TPSA) is 42.5 Å². The molecule has 0 heterocycles. The van der Waals surface area contributed by atoms with Crippen molar-refractivity contribution in [3.05, 3.63) is 83.9 Å². The Morgan fingerprint density at radius 2 is 1.59 bits per heavy atom. The maximum Gasteiger partial charge on any atom is 0.171 e. The molecule has 0 aliphatic rings. The molecule has 0 bridgehead atoms. The van der Waals surface area contributed by atoms with Gasteiger partial charge in [0, 0.05) is 16.3 Å². The quantitative estimate of drug-likeness (QED) is 0.252. The molecule has 2 N–H and O–H groups in total. The number of nitrogens with one attached hydrogen (secondary N) is 2. The van der Waals surface area contributed by atoms with Gasteiger partial charge in [0.2, 0.25) is 0 Å². The number of benzene rings is 3. The molecule has 32 heavy (non-hydrogen) atoms. The van der Waals surface area contributed by atoms with Crippen LogP contribution in [0.3, 0.4) is 0 Å². The van der Waals surface area contributed by atoms with Crippen molar-refractivity contribution in [2.75, 3.05) is 18.5 Å². The summed E-state index contributed by atoms with van der Waals surface area (Å²) < 4.78 is 11.4. The van der Waals surface area contributed by atoms with Gasteiger partial charge in [-0.1, -0.05) is 36.4 Å². The SMILES string of the molecule is CCOc1ccc([C@@H](C)NC(=S)Nc2ccc(CSc3ccccc3)cc2)cc1OCC. The third-order valence-corrected chi connectivity index (χ3v) is 6.08. The molecule has 0 saturated carbocycles. The lowest BCUT2D eigenvalue weighted by Gasteiger charge is -2.19. The molecular formula is C26H30N2O2S2. The fourth-order valence-electron chi connectivity index (χ4n) is 3.15. The predicted molar refractivity (Wildman–Crippen MR) is 139 cm³/mol. The second-order valence-corrected chi connectivity index (χ2v) is 8.65. The third-order valence-electron chi connectivity index (χ3n) is 4.78. The molecular weight excluding hydrogens is 436 g/mol. The monoisotopic (exact) mass is 466 g/mol. The van der Waals surface area contributed by atoms with E-state index in [9.17, 15) is 0 Å². The van der Waals surface area contributed by atoms with Crippen LogP contribution >= 0.6 is 24.0 Å². The summed E-state index contributed by atoms with van der Waals surface area (Å²) in [5.74, 6) is 2.45. The van der Waals surface area contributed by atoms with E-state index in [2.05, 4.69) is 66.1 Å². The number of hydrogen-bond acceptors (Lipinski definition) is 4. The Morgan fingerprint density at radius 3 is 2.28 bits per heavy atom. The summed E-state index contributed by atoms with van der Waals surface area (Å²) in [4.78, 5) is 1.27. The molecule has 0 fully saturated rings. The van der Waals surface area contributed by atoms with E-state index in [-0.39, 0.29) is 6.04 Å². The largest absolute Gasteiger partial charge is 0.490 e. The van der Waals surface area contributed by atoms with Gasteiger partial charge in [-0.2, -0.15) is 0 Å². The summed E-state index contributed by atoms with van der Waals surface area (Å²) in [6.45, 7) is 7.20. The zero-order valence-electron chi connectivity index (χ0n) is 18.8. The fraction of sp³-hybridized carbons (Fsp3) is 0.269. The molecule has 0 aliphatic carbocycles. The van der Waals surface area contributed by atoms with E-state index in [1.165, 1.54) is 10.5 Å². The summed E-state index contributed by atoms with van der Waals surface area (Å²) in [5, 5.41) is 7.20. The summed E-state index contributed by atoms with van der Waals surface area (Å²) in [6.07, 6.45) is 0. The molecule has 4 nitrogen and oxygen atoms in total. The van der Waals surface area contributed by atoms with Gasteiger partial charge in [-0.25, -0.2) is 0 Å². The molecule has 1 atom stereocenters. The Balaban J connectivity index is 1.54. The molecule has 168 valence electrons. The molecule has 0 unspecified atom stereocenters. The minimum atomic E-state index is 0.0198. The second kappa shape index (κ2) is 12.4. The van der Waals surface area contributed by atoms with Crippen molar-refractivity contribution in [3.8, 4) is 11.5 Å². The predicted octanol–water partition coefficient (Wildman–Crippen LogP) is 6.82. The van der Waals surface area contributed by atoms with Crippen molar-refractivity contribution < 1.29 is 9.47 Å². The lowest BCUT2D eigenvalue weighted by atomic mass is 10.1. The van der Waals surface area contributed by atoms with Crippen LogP contribution in [0, 0.1) is 0 Å². The van der Waals surface area contributed by atoms with Gasteiger partial charge in [0.05, 0.1) is 19.3 Å². The number of anilines is 1. The average Bonchev–Trinajstić information content (AvgIpc) is 2.80. The van der Waals surface area contributed by atoms with Crippen LogP contribution in [0.25, 0.3) is 0 Å². The Kier molecular flexibility index (Phi) is 9.26. The van der Waals surface area contributed by atoms with Crippen molar-refractivity contribution in [2.45, 2.75) is 37.5 Å². The number of rotatable bonds is 10. The number of thioether (sulfide) groups is 1. The summed E-state index contributed by atoms with van der Waals surface area (Å²) in [7, 11) is 0. The molecule has 0 radical (unpaired) electrons. The molecule has 3 aromatic carbocycles. The van der Waals surface area contributed by atoms with Gasteiger partial charge in [-0.15, -0.1) is 11.8 Å². The van der Waals surface area contributed by atoms with Crippen molar-refractivity contribution in [1.29, 1.82) is 0 Å². The van der Waals surface area contributed by atoms with Gasteiger partial charge in [0.1, 0.15) is 0 Å². The lowest BCUT2D eigenvalue weighted by Crippen LogP contribution is -2.30. The molecule has 0 amide bonds. The summed E-state index contributed by atoms with van der Waals surface area (Å²) in [6, 6.07) is 24.8. The molecule has 0 aromatic heterocycles. The van der Waals surface area contributed by atoms with Crippen LogP contribution in [0.2, 0.25) is 0 Å². The van der Waals surface area contributed by atoms with E-state index in [0.717, 1.165) is 28.5 Å². The summed E-state index contributed by atoms with van der Waals surface area (Å²) >= 11 is 7.36. The normalized spacial score (nSPS) is 11.5. The van der Waals surface area contributed by atoms with Gasteiger partial charge in [0.15, 0.2) is 16.6 Å². The Bertz CT molecular complexity index is 994. The number of ether oxygens (including phenoxy) is 2. The Hall–Kier alpha value is -2.70.